The van der Waals surface area contributed by atoms with Gasteiger partial charge in [0.15, 0.2) is 0 Å². The first kappa shape index (κ1) is 22.4. The number of nitro benzene ring substituents is 1. The van der Waals surface area contributed by atoms with E-state index in [1.165, 1.54) is 12.1 Å². The summed E-state index contributed by atoms with van der Waals surface area (Å²) in [5.41, 5.74) is 2.15. The van der Waals surface area contributed by atoms with Gasteiger partial charge in [0.05, 0.1) is 4.92 Å². The summed E-state index contributed by atoms with van der Waals surface area (Å²) in [7, 11) is 0. The van der Waals surface area contributed by atoms with Gasteiger partial charge in [-0.3, -0.25) is 14.9 Å². The third-order valence-electron chi connectivity index (χ3n) is 4.81. The van der Waals surface area contributed by atoms with Crippen molar-refractivity contribution in [2.24, 2.45) is 0 Å². The number of carbonyl (C=O) groups is 1. The monoisotopic (exact) mass is 398 g/mol. The largest absolute Gasteiger partial charge is 0.507 e. The number of nitrogens with zero attached hydrogens (tertiary/aromatic N) is 1. The van der Waals surface area contributed by atoms with Gasteiger partial charge in [0.2, 0.25) is 0 Å². The van der Waals surface area contributed by atoms with Gasteiger partial charge in [0, 0.05) is 35.4 Å². The van der Waals surface area contributed by atoms with Crippen LogP contribution < -0.4 is 5.32 Å². The van der Waals surface area contributed by atoms with Crippen molar-refractivity contribution in [1.29, 1.82) is 0 Å². The second-order valence-corrected chi connectivity index (χ2v) is 9.35. The lowest BCUT2D eigenvalue weighted by Gasteiger charge is -2.28. The average molecular weight is 399 g/mol. The topological polar surface area (TPSA) is 92.5 Å². The van der Waals surface area contributed by atoms with Crippen molar-refractivity contribution in [2.45, 2.75) is 58.8 Å². The third-order valence-corrected chi connectivity index (χ3v) is 4.81. The van der Waals surface area contributed by atoms with E-state index in [2.05, 4.69) is 5.32 Å². The Bertz CT molecular complexity index is 886. The first-order valence-corrected chi connectivity index (χ1v) is 9.70. The number of carbonyl (C=O) groups excluding carboxylic acids is 1. The maximum absolute atomic E-state index is 12.8. The van der Waals surface area contributed by atoms with E-state index < -0.39 is 4.92 Å². The Morgan fingerprint density at radius 2 is 1.59 bits per heavy atom. The van der Waals surface area contributed by atoms with E-state index in [4.69, 9.17) is 0 Å². The minimum atomic E-state index is -0.430. The summed E-state index contributed by atoms with van der Waals surface area (Å²) in [4.78, 5) is 23.2. The first-order chi connectivity index (χ1) is 13.3. The number of nitrogens with one attached hydrogen (secondary N) is 1. The van der Waals surface area contributed by atoms with Crippen LogP contribution in [0, 0.1) is 10.1 Å². The molecule has 0 heterocycles. The van der Waals surface area contributed by atoms with E-state index in [1.807, 2.05) is 41.5 Å². The molecule has 2 N–H and O–H groups in total. The highest BCUT2D eigenvalue weighted by molar-refractivity contribution is 5.95. The normalized spacial score (nSPS) is 11.9. The molecule has 2 aromatic rings. The highest BCUT2D eigenvalue weighted by Gasteiger charge is 2.27. The number of aromatic hydroxyl groups is 1. The number of benzene rings is 2. The fraction of sp³-hybridized carbons (Fsp3) is 0.435. The molecule has 0 aliphatic carbocycles. The minimum Gasteiger partial charge on any atom is -0.507 e. The summed E-state index contributed by atoms with van der Waals surface area (Å²) in [6.07, 6.45) is 0.490. The standard InChI is InChI=1S/C23H30N2O4/c1-22(2,3)18-13-16(14-19(20(18)26)23(4,5)6)21(27)24-11-10-15-8-7-9-17(12-15)25(28)29/h7-9,12-14,26H,10-11H2,1-6H3,(H,24,27). The maximum atomic E-state index is 12.8. The number of hydrogen-bond donors (Lipinski definition) is 2. The molecular formula is C23H30N2O4. The van der Waals surface area contributed by atoms with Crippen molar-refractivity contribution < 1.29 is 14.8 Å². The van der Waals surface area contributed by atoms with Gasteiger partial charge in [-0.15, -0.1) is 0 Å². The zero-order valence-corrected chi connectivity index (χ0v) is 18.0. The van der Waals surface area contributed by atoms with Crippen LogP contribution in [0.5, 0.6) is 5.75 Å². The minimum absolute atomic E-state index is 0.0389. The predicted octanol–water partition coefficient (Wildman–Crippen LogP) is 4.87. The van der Waals surface area contributed by atoms with E-state index in [9.17, 15) is 20.0 Å². The van der Waals surface area contributed by atoms with Crippen LogP contribution in [-0.4, -0.2) is 22.5 Å². The zero-order valence-electron chi connectivity index (χ0n) is 18.0. The van der Waals surface area contributed by atoms with Crippen molar-refractivity contribution >= 4 is 11.6 Å². The lowest BCUT2D eigenvalue weighted by atomic mass is 9.78. The number of phenolic OH excluding ortho intramolecular Hbond substituents is 1. The van der Waals surface area contributed by atoms with Crippen LogP contribution in [0.15, 0.2) is 36.4 Å². The van der Waals surface area contributed by atoms with Crippen LogP contribution in [0.3, 0.4) is 0 Å². The Balaban J connectivity index is 2.22. The number of rotatable bonds is 5. The average Bonchev–Trinajstić information content (AvgIpc) is 2.60. The Morgan fingerprint density at radius 3 is 2.07 bits per heavy atom. The second kappa shape index (κ2) is 8.23. The molecule has 0 spiro atoms. The van der Waals surface area contributed by atoms with Crippen molar-refractivity contribution in [3.8, 4) is 5.75 Å². The highest BCUT2D eigenvalue weighted by atomic mass is 16.6. The van der Waals surface area contributed by atoms with Crippen molar-refractivity contribution in [2.75, 3.05) is 6.54 Å². The fourth-order valence-corrected chi connectivity index (χ4v) is 3.16. The fourth-order valence-electron chi connectivity index (χ4n) is 3.16. The van der Waals surface area contributed by atoms with Gasteiger partial charge in [-0.05, 0) is 34.9 Å². The number of phenols is 1. The van der Waals surface area contributed by atoms with Crippen LogP contribution in [0.2, 0.25) is 0 Å². The molecule has 156 valence electrons. The Labute approximate surface area is 172 Å². The molecule has 6 heteroatoms. The van der Waals surface area contributed by atoms with E-state index >= 15 is 0 Å². The van der Waals surface area contributed by atoms with E-state index in [1.54, 1.807) is 24.3 Å². The van der Waals surface area contributed by atoms with Gasteiger partial charge in [-0.2, -0.15) is 0 Å². The first-order valence-electron chi connectivity index (χ1n) is 9.70. The molecule has 0 bridgehead atoms. The van der Waals surface area contributed by atoms with Crippen molar-refractivity contribution in [3.63, 3.8) is 0 Å². The summed E-state index contributed by atoms with van der Waals surface area (Å²) < 4.78 is 0. The molecule has 2 aromatic carbocycles. The van der Waals surface area contributed by atoms with Crippen LogP contribution in [0.1, 0.15) is 68.6 Å². The number of hydrogen-bond acceptors (Lipinski definition) is 4. The van der Waals surface area contributed by atoms with Gasteiger partial charge in [-0.25, -0.2) is 0 Å². The van der Waals surface area contributed by atoms with E-state index in [-0.39, 0.29) is 28.2 Å². The summed E-state index contributed by atoms with van der Waals surface area (Å²) in [5.74, 6) is 0.00424. The van der Waals surface area contributed by atoms with E-state index in [0.717, 1.165) is 16.7 Å². The van der Waals surface area contributed by atoms with Crippen molar-refractivity contribution in [3.05, 3.63) is 68.8 Å². The summed E-state index contributed by atoms with van der Waals surface area (Å²) in [5, 5.41) is 24.5. The van der Waals surface area contributed by atoms with Crippen LogP contribution in [0.4, 0.5) is 5.69 Å². The van der Waals surface area contributed by atoms with Gasteiger partial charge < -0.3 is 10.4 Å². The molecule has 0 saturated heterocycles. The van der Waals surface area contributed by atoms with Crippen LogP contribution >= 0.6 is 0 Å². The predicted molar refractivity (Wildman–Crippen MR) is 115 cm³/mol. The number of non-ortho nitro benzene ring substituents is 1. The molecule has 1 amide bonds. The van der Waals surface area contributed by atoms with E-state index in [0.29, 0.717) is 18.5 Å². The molecule has 0 aliphatic heterocycles. The maximum Gasteiger partial charge on any atom is 0.269 e. The lowest BCUT2D eigenvalue weighted by Crippen LogP contribution is -2.27. The Morgan fingerprint density at radius 1 is 1.03 bits per heavy atom. The van der Waals surface area contributed by atoms with Crippen LogP contribution in [0.25, 0.3) is 0 Å². The van der Waals surface area contributed by atoms with Gasteiger partial charge in [-0.1, -0.05) is 53.7 Å². The smallest absolute Gasteiger partial charge is 0.269 e. The second-order valence-electron chi connectivity index (χ2n) is 9.35. The third kappa shape index (κ3) is 5.56. The molecule has 0 fully saturated rings. The summed E-state index contributed by atoms with van der Waals surface area (Å²) >= 11 is 0. The van der Waals surface area contributed by atoms with Gasteiger partial charge in [0.1, 0.15) is 5.75 Å². The number of nitro groups is 1. The zero-order chi connectivity index (χ0) is 22.0. The SMILES string of the molecule is CC(C)(C)c1cc(C(=O)NCCc2cccc([N+](=O)[O-])c2)cc(C(C)(C)C)c1O. The van der Waals surface area contributed by atoms with Gasteiger partial charge in [0.25, 0.3) is 11.6 Å². The summed E-state index contributed by atoms with van der Waals surface area (Å²) in [6.45, 7) is 12.3. The molecule has 29 heavy (non-hydrogen) atoms. The molecule has 6 nitrogen and oxygen atoms in total. The molecular weight excluding hydrogens is 368 g/mol. The molecule has 0 atom stereocenters. The molecule has 0 aliphatic rings. The van der Waals surface area contributed by atoms with Crippen molar-refractivity contribution in [1.82, 2.24) is 5.32 Å². The highest BCUT2D eigenvalue weighted by Crippen LogP contribution is 2.39. The van der Waals surface area contributed by atoms with Gasteiger partial charge >= 0.3 is 0 Å². The molecule has 0 saturated carbocycles. The molecule has 0 unspecified atom stereocenters. The molecule has 2 rings (SSSR count). The Kier molecular flexibility index (Phi) is 6.36. The lowest BCUT2D eigenvalue weighted by molar-refractivity contribution is -0.384. The molecule has 0 aromatic heterocycles. The quantitative estimate of drug-likeness (QED) is 0.555. The number of amides is 1. The molecule has 0 radical (unpaired) electrons. The Hall–Kier alpha value is -2.89. The summed E-state index contributed by atoms with van der Waals surface area (Å²) in [6, 6.07) is 9.89. The van der Waals surface area contributed by atoms with Crippen LogP contribution in [-0.2, 0) is 17.3 Å².